The average molecular weight is 728 g/mol. The molecule has 0 bridgehead atoms. The molecular weight excluding hydrogens is 689 g/mol. The van der Waals surface area contributed by atoms with E-state index in [-0.39, 0.29) is 20.5 Å². The first kappa shape index (κ1) is 38.5. The lowest BCUT2D eigenvalue weighted by molar-refractivity contribution is 0.413. The Labute approximate surface area is 308 Å². The number of benzene rings is 4. The third kappa shape index (κ3) is 9.47. The van der Waals surface area contributed by atoms with E-state index in [9.17, 15) is 0 Å². The van der Waals surface area contributed by atoms with E-state index in [1.54, 1.807) is 91.3 Å². The Morgan fingerprint density at radius 2 is 1.20 bits per heavy atom. The van der Waals surface area contributed by atoms with Crippen LogP contribution in [-0.2, 0) is 19.4 Å². The van der Waals surface area contributed by atoms with Gasteiger partial charge in [-0.2, -0.15) is 5.26 Å². The van der Waals surface area contributed by atoms with E-state index < -0.39 is 0 Å². The number of halogens is 4. The molecule has 0 fully saturated rings. The number of hydrogen-bond donors (Lipinski definition) is 1. The Bertz CT molecular complexity index is 2140. The fraction of sp³-hybridized carbons (Fsp3) is 0.146. The first-order valence-corrected chi connectivity index (χ1v) is 16.2. The lowest BCUT2D eigenvalue weighted by Crippen LogP contribution is -2.01. The van der Waals surface area contributed by atoms with Crippen LogP contribution in [0, 0.1) is 23.0 Å². The Hall–Kier alpha value is -5.33. The van der Waals surface area contributed by atoms with Gasteiger partial charge >= 0.3 is 0 Å². The number of nitrogens with two attached hydrogens (primary N) is 1. The second-order valence-corrected chi connectivity index (χ2v) is 12.0. The van der Waals surface area contributed by atoms with Gasteiger partial charge in [0.25, 0.3) is 0 Å². The molecule has 0 saturated heterocycles. The minimum absolute atomic E-state index is 0. The average Bonchev–Trinajstić information content (AvgIpc) is 3.14. The first-order valence-electron chi connectivity index (χ1n) is 15.5. The zero-order valence-electron chi connectivity index (χ0n) is 27.3. The van der Waals surface area contributed by atoms with Crippen molar-refractivity contribution in [2.45, 2.75) is 26.8 Å². The highest BCUT2D eigenvalue weighted by molar-refractivity contribution is 6.31. The van der Waals surface area contributed by atoms with Gasteiger partial charge in [-0.15, -0.1) is 0 Å². The van der Waals surface area contributed by atoms with E-state index in [2.05, 4.69) is 9.97 Å². The van der Waals surface area contributed by atoms with Crippen molar-refractivity contribution in [2.75, 3.05) is 14.2 Å². The highest BCUT2D eigenvalue weighted by Crippen LogP contribution is 2.37. The van der Waals surface area contributed by atoms with Gasteiger partial charge in [0.1, 0.15) is 34.9 Å². The molecule has 0 amide bonds. The van der Waals surface area contributed by atoms with Gasteiger partial charge in [0.05, 0.1) is 31.0 Å². The van der Waals surface area contributed by atoms with Gasteiger partial charge in [0.2, 0.25) is 0 Å². The quantitative estimate of drug-likeness (QED) is 0.159. The summed E-state index contributed by atoms with van der Waals surface area (Å²) >= 11 is 12.1. The van der Waals surface area contributed by atoms with Gasteiger partial charge in [0, 0.05) is 43.3 Å². The molecule has 6 nitrogen and oxygen atoms in total. The number of nitrogens with zero attached hydrogens (tertiary/aromatic N) is 3. The molecule has 2 aromatic heterocycles. The Balaban J connectivity index is 0.000000270. The summed E-state index contributed by atoms with van der Waals surface area (Å²) in [7, 11) is 3.03. The van der Waals surface area contributed by atoms with Crippen molar-refractivity contribution in [3.63, 3.8) is 0 Å². The van der Waals surface area contributed by atoms with E-state index in [0.717, 1.165) is 16.8 Å². The Kier molecular flexibility index (Phi) is 13.6. The smallest absolute Gasteiger partial charge is 0.140 e. The van der Waals surface area contributed by atoms with Crippen molar-refractivity contribution in [1.82, 2.24) is 9.97 Å². The highest BCUT2D eigenvalue weighted by Gasteiger charge is 2.18. The molecule has 10 heteroatoms. The van der Waals surface area contributed by atoms with Crippen LogP contribution < -0.4 is 15.2 Å². The summed E-state index contributed by atoms with van der Waals surface area (Å²) in [6.45, 7) is 0.385. The molecule has 0 aliphatic carbocycles. The molecule has 51 heavy (non-hydrogen) atoms. The number of pyridine rings is 2. The molecule has 0 atom stereocenters. The molecule has 0 aliphatic rings. The zero-order chi connectivity index (χ0) is 35.6. The van der Waals surface area contributed by atoms with Gasteiger partial charge in [-0.25, -0.2) is 13.8 Å². The molecule has 2 heterocycles. The summed E-state index contributed by atoms with van der Waals surface area (Å²) in [5.74, 6) is 0.247. The minimum Gasteiger partial charge on any atom is -0.496 e. The Morgan fingerprint density at radius 1 is 0.706 bits per heavy atom. The highest BCUT2D eigenvalue weighted by atomic mass is 35.5. The molecule has 4 aromatic carbocycles. The van der Waals surface area contributed by atoms with Crippen molar-refractivity contribution < 1.29 is 19.7 Å². The number of ether oxygens (including phenoxy) is 2. The molecule has 262 valence electrons. The standard InChI is InChI=1S/C20H18ClFN2O.C20H14ClFN2O.CH4.H2/c2*1-25-18-8-6-15(9-13-5-7-17(11-23)24-12-13)20(22)19(18)14-3-2-4-16(21)10-14;;/h2-8,10,12H,9,11,23H2,1H3;2-8,10,12H,9H2,1H3;1H4;1H. The normalized spacial score (nSPS) is 10.3. The van der Waals surface area contributed by atoms with E-state index in [4.69, 9.17) is 43.7 Å². The van der Waals surface area contributed by atoms with Crippen LogP contribution in [0.1, 0.15) is 42.5 Å². The fourth-order valence-corrected chi connectivity index (χ4v) is 5.74. The third-order valence-electron chi connectivity index (χ3n) is 7.86. The van der Waals surface area contributed by atoms with Crippen molar-refractivity contribution in [1.29, 1.82) is 5.26 Å². The molecular formula is C41H38Cl2F2N4O2. The summed E-state index contributed by atoms with van der Waals surface area (Å²) < 4.78 is 41.0. The number of rotatable bonds is 9. The van der Waals surface area contributed by atoms with Crippen LogP contribution in [-0.4, -0.2) is 24.2 Å². The molecule has 0 spiro atoms. The van der Waals surface area contributed by atoms with Crippen molar-refractivity contribution in [2.24, 2.45) is 5.73 Å². The van der Waals surface area contributed by atoms with Crippen LogP contribution >= 0.6 is 23.2 Å². The van der Waals surface area contributed by atoms with Crippen LogP contribution in [0.25, 0.3) is 22.3 Å². The van der Waals surface area contributed by atoms with Crippen LogP contribution in [0.15, 0.2) is 109 Å². The summed E-state index contributed by atoms with van der Waals surface area (Å²) in [6.07, 6.45) is 4.11. The van der Waals surface area contributed by atoms with Crippen molar-refractivity contribution in [3.8, 4) is 39.8 Å². The lowest BCUT2D eigenvalue weighted by Gasteiger charge is -2.14. The van der Waals surface area contributed by atoms with Gasteiger partial charge in [-0.1, -0.05) is 79.2 Å². The molecule has 6 aromatic rings. The van der Waals surface area contributed by atoms with E-state index in [0.29, 0.717) is 80.0 Å². The number of nitriles is 1. The molecule has 6 rings (SSSR count). The van der Waals surface area contributed by atoms with Crippen molar-refractivity contribution >= 4 is 23.2 Å². The first-order chi connectivity index (χ1) is 24.2. The maximum absolute atomic E-state index is 15.2. The second-order valence-electron chi connectivity index (χ2n) is 11.1. The van der Waals surface area contributed by atoms with Crippen molar-refractivity contribution in [3.05, 3.63) is 165 Å². The van der Waals surface area contributed by atoms with E-state index >= 15 is 8.78 Å². The summed E-state index contributed by atoms with van der Waals surface area (Å²) in [4.78, 5) is 8.28. The summed E-state index contributed by atoms with van der Waals surface area (Å²) in [5.41, 5.74) is 11.6. The van der Waals surface area contributed by atoms with Gasteiger partial charge in [0.15, 0.2) is 0 Å². The molecule has 0 aliphatic heterocycles. The summed E-state index contributed by atoms with van der Waals surface area (Å²) in [6, 6.07) is 30.2. The Morgan fingerprint density at radius 3 is 1.57 bits per heavy atom. The number of aromatic nitrogens is 2. The third-order valence-corrected chi connectivity index (χ3v) is 8.33. The molecule has 0 saturated carbocycles. The number of methoxy groups -OCH3 is 2. The van der Waals surface area contributed by atoms with Crippen LogP contribution in [0.3, 0.4) is 0 Å². The van der Waals surface area contributed by atoms with Crippen LogP contribution in [0.2, 0.25) is 10.0 Å². The maximum atomic E-state index is 15.2. The number of hydrogen-bond acceptors (Lipinski definition) is 6. The predicted molar refractivity (Wildman–Crippen MR) is 202 cm³/mol. The maximum Gasteiger partial charge on any atom is 0.140 e. The largest absolute Gasteiger partial charge is 0.496 e. The minimum atomic E-state index is -0.356. The van der Waals surface area contributed by atoms with E-state index in [1.807, 2.05) is 24.3 Å². The van der Waals surface area contributed by atoms with Gasteiger partial charge in [-0.3, -0.25) is 4.98 Å². The molecule has 0 unspecified atom stereocenters. The predicted octanol–water partition coefficient (Wildman–Crippen LogP) is 10.5. The van der Waals surface area contributed by atoms with Gasteiger partial charge < -0.3 is 15.2 Å². The lowest BCUT2D eigenvalue weighted by atomic mass is 9.97. The summed E-state index contributed by atoms with van der Waals surface area (Å²) in [5, 5.41) is 9.88. The monoisotopic (exact) mass is 726 g/mol. The zero-order valence-corrected chi connectivity index (χ0v) is 28.8. The van der Waals surface area contributed by atoms with E-state index in [1.165, 1.54) is 14.2 Å². The van der Waals surface area contributed by atoms with Crippen LogP contribution in [0.5, 0.6) is 11.5 Å². The second kappa shape index (κ2) is 18.1. The topological polar surface area (TPSA) is 94.0 Å². The SMILES string of the molecule is C.COc1ccc(Cc2ccc(C#N)nc2)c(F)c1-c1cccc(Cl)c1.COc1ccc(Cc2ccc(CN)nc2)c(F)c1-c1cccc(Cl)c1.[HH]. The molecule has 0 radical (unpaired) electrons. The fourth-order valence-electron chi connectivity index (χ4n) is 5.36. The van der Waals surface area contributed by atoms with Crippen LogP contribution in [0.4, 0.5) is 8.78 Å². The van der Waals surface area contributed by atoms with Gasteiger partial charge in [-0.05, 0) is 81.9 Å². The molecule has 2 N–H and O–H groups in total.